The van der Waals surface area contributed by atoms with Gasteiger partial charge in [-0.15, -0.1) is 0 Å². The van der Waals surface area contributed by atoms with Crippen molar-refractivity contribution >= 4 is 0 Å². The number of furan rings is 1. The predicted octanol–water partition coefficient (Wildman–Crippen LogP) is 2.60. The van der Waals surface area contributed by atoms with Gasteiger partial charge in [0.25, 0.3) is 0 Å². The lowest BCUT2D eigenvalue weighted by molar-refractivity contribution is 0.337. The van der Waals surface area contributed by atoms with Crippen molar-refractivity contribution < 1.29 is 4.42 Å². The van der Waals surface area contributed by atoms with Gasteiger partial charge in [0.1, 0.15) is 5.76 Å². The second-order valence-corrected chi connectivity index (χ2v) is 4.55. The van der Waals surface area contributed by atoms with E-state index in [9.17, 15) is 0 Å². The molecule has 2 heteroatoms. The molecule has 0 aromatic carbocycles. The number of hydrogen-bond acceptors (Lipinski definition) is 2. The Morgan fingerprint density at radius 3 is 2.86 bits per heavy atom. The molecule has 14 heavy (non-hydrogen) atoms. The standard InChI is InChI=1S/C12H19NO/c1-3-13-11(12(2)6-7-12)9-10-5-4-8-14-10/h4-5,8,11,13H,3,6-7,9H2,1-2H3. The molecule has 1 atom stereocenters. The van der Waals surface area contributed by atoms with E-state index in [-0.39, 0.29) is 0 Å². The number of hydrogen-bond donors (Lipinski definition) is 1. The highest BCUT2D eigenvalue weighted by molar-refractivity contribution is 5.07. The zero-order valence-electron chi connectivity index (χ0n) is 9.05. The van der Waals surface area contributed by atoms with Gasteiger partial charge < -0.3 is 9.73 Å². The highest BCUT2D eigenvalue weighted by atomic mass is 16.3. The van der Waals surface area contributed by atoms with Crippen LogP contribution in [-0.2, 0) is 6.42 Å². The van der Waals surface area contributed by atoms with Gasteiger partial charge in [0.2, 0.25) is 0 Å². The van der Waals surface area contributed by atoms with Crippen molar-refractivity contribution in [2.45, 2.75) is 39.2 Å². The Morgan fingerprint density at radius 2 is 2.36 bits per heavy atom. The monoisotopic (exact) mass is 193 g/mol. The molecule has 1 heterocycles. The minimum atomic E-state index is 0.517. The summed E-state index contributed by atoms with van der Waals surface area (Å²) in [7, 11) is 0. The quantitative estimate of drug-likeness (QED) is 0.777. The van der Waals surface area contributed by atoms with E-state index in [1.807, 2.05) is 6.07 Å². The third-order valence-corrected chi connectivity index (χ3v) is 3.32. The average molecular weight is 193 g/mol. The maximum atomic E-state index is 5.39. The fourth-order valence-electron chi connectivity index (χ4n) is 1.99. The van der Waals surface area contributed by atoms with Crippen molar-refractivity contribution in [1.29, 1.82) is 0 Å². The van der Waals surface area contributed by atoms with Gasteiger partial charge in [0.15, 0.2) is 0 Å². The van der Waals surface area contributed by atoms with Crippen LogP contribution in [0.25, 0.3) is 0 Å². The number of likely N-dealkylation sites (N-methyl/N-ethyl adjacent to an activating group) is 1. The van der Waals surface area contributed by atoms with E-state index >= 15 is 0 Å². The first-order valence-electron chi connectivity index (χ1n) is 5.50. The Labute approximate surface area is 85.7 Å². The Morgan fingerprint density at radius 1 is 1.57 bits per heavy atom. The summed E-state index contributed by atoms with van der Waals surface area (Å²) in [5.74, 6) is 1.10. The Bertz CT molecular complexity index is 275. The normalized spacial score (nSPS) is 20.7. The first-order chi connectivity index (χ1) is 6.74. The first kappa shape index (κ1) is 9.78. The molecule has 1 N–H and O–H groups in total. The second kappa shape index (κ2) is 3.77. The molecule has 1 unspecified atom stereocenters. The smallest absolute Gasteiger partial charge is 0.105 e. The molecule has 1 aromatic heterocycles. The highest BCUT2D eigenvalue weighted by Gasteiger charge is 2.44. The molecule has 1 fully saturated rings. The van der Waals surface area contributed by atoms with E-state index in [0.29, 0.717) is 11.5 Å². The van der Waals surface area contributed by atoms with Gasteiger partial charge in [-0.25, -0.2) is 0 Å². The summed E-state index contributed by atoms with van der Waals surface area (Å²) in [6.45, 7) is 5.57. The van der Waals surface area contributed by atoms with Crippen molar-refractivity contribution in [3.8, 4) is 0 Å². The lowest BCUT2D eigenvalue weighted by Crippen LogP contribution is -2.37. The maximum Gasteiger partial charge on any atom is 0.105 e. The van der Waals surface area contributed by atoms with Gasteiger partial charge in [-0.3, -0.25) is 0 Å². The molecule has 0 spiro atoms. The lowest BCUT2D eigenvalue weighted by atomic mass is 9.95. The maximum absolute atomic E-state index is 5.39. The lowest BCUT2D eigenvalue weighted by Gasteiger charge is -2.23. The van der Waals surface area contributed by atoms with Gasteiger partial charge in [-0.05, 0) is 36.9 Å². The van der Waals surface area contributed by atoms with Crippen LogP contribution in [0.3, 0.4) is 0 Å². The molecule has 78 valence electrons. The summed E-state index contributed by atoms with van der Waals surface area (Å²) in [6.07, 6.45) is 5.49. The summed E-state index contributed by atoms with van der Waals surface area (Å²) >= 11 is 0. The van der Waals surface area contributed by atoms with Crippen LogP contribution in [-0.4, -0.2) is 12.6 Å². The van der Waals surface area contributed by atoms with Gasteiger partial charge in [-0.1, -0.05) is 13.8 Å². The molecule has 1 aliphatic carbocycles. The van der Waals surface area contributed by atoms with Gasteiger partial charge in [-0.2, -0.15) is 0 Å². The Hall–Kier alpha value is -0.760. The summed E-state index contributed by atoms with van der Waals surface area (Å²) in [4.78, 5) is 0. The van der Waals surface area contributed by atoms with E-state index in [4.69, 9.17) is 4.42 Å². The average Bonchev–Trinajstić information content (AvgIpc) is 2.73. The third kappa shape index (κ3) is 2.01. The molecule has 0 aliphatic heterocycles. The van der Waals surface area contributed by atoms with Crippen molar-refractivity contribution in [1.82, 2.24) is 5.32 Å². The van der Waals surface area contributed by atoms with Crippen molar-refractivity contribution in [3.05, 3.63) is 24.2 Å². The molecule has 0 amide bonds. The molecule has 0 bridgehead atoms. The highest BCUT2D eigenvalue weighted by Crippen LogP contribution is 2.48. The molecule has 2 rings (SSSR count). The van der Waals surface area contributed by atoms with Crippen molar-refractivity contribution in [2.24, 2.45) is 5.41 Å². The number of nitrogens with one attached hydrogen (secondary N) is 1. The topological polar surface area (TPSA) is 25.2 Å². The molecule has 2 nitrogen and oxygen atoms in total. The van der Waals surface area contributed by atoms with Gasteiger partial charge >= 0.3 is 0 Å². The number of rotatable bonds is 5. The van der Waals surface area contributed by atoms with Crippen LogP contribution in [0.15, 0.2) is 22.8 Å². The fraction of sp³-hybridized carbons (Fsp3) is 0.667. The van der Waals surface area contributed by atoms with E-state index in [2.05, 4.69) is 25.2 Å². The van der Waals surface area contributed by atoms with Crippen molar-refractivity contribution in [2.75, 3.05) is 6.54 Å². The molecule has 0 saturated heterocycles. The van der Waals surface area contributed by atoms with Gasteiger partial charge in [0, 0.05) is 12.5 Å². The fourth-order valence-corrected chi connectivity index (χ4v) is 1.99. The molecular formula is C12H19NO. The molecule has 0 radical (unpaired) electrons. The van der Waals surface area contributed by atoms with E-state index < -0.39 is 0 Å². The largest absolute Gasteiger partial charge is 0.469 e. The Balaban J connectivity index is 1.97. The zero-order valence-corrected chi connectivity index (χ0v) is 9.05. The third-order valence-electron chi connectivity index (χ3n) is 3.32. The van der Waals surface area contributed by atoms with E-state index in [0.717, 1.165) is 18.7 Å². The summed E-state index contributed by atoms with van der Waals surface area (Å²) in [6, 6.07) is 4.61. The van der Waals surface area contributed by atoms with E-state index in [1.54, 1.807) is 6.26 Å². The molecule has 1 aromatic rings. The molecule has 1 saturated carbocycles. The minimum Gasteiger partial charge on any atom is -0.469 e. The SMILES string of the molecule is CCNC(Cc1ccco1)C1(C)CC1. The van der Waals surface area contributed by atoms with Crippen LogP contribution in [0.4, 0.5) is 0 Å². The zero-order chi connectivity index (χ0) is 10.0. The second-order valence-electron chi connectivity index (χ2n) is 4.55. The van der Waals surface area contributed by atoms with Crippen LogP contribution >= 0.6 is 0 Å². The summed E-state index contributed by atoms with van der Waals surface area (Å²) < 4.78 is 5.39. The summed E-state index contributed by atoms with van der Waals surface area (Å²) in [5, 5.41) is 3.56. The molecular weight excluding hydrogens is 174 g/mol. The summed E-state index contributed by atoms with van der Waals surface area (Å²) in [5.41, 5.74) is 0.517. The van der Waals surface area contributed by atoms with Gasteiger partial charge in [0.05, 0.1) is 6.26 Å². The van der Waals surface area contributed by atoms with Crippen molar-refractivity contribution in [3.63, 3.8) is 0 Å². The van der Waals surface area contributed by atoms with Crippen LogP contribution in [0.5, 0.6) is 0 Å². The van der Waals surface area contributed by atoms with Crippen LogP contribution in [0, 0.1) is 5.41 Å². The van der Waals surface area contributed by atoms with Crippen LogP contribution in [0.1, 0.15) is 32.4 Å². The van der Waals surface area contributed by atoms with E-state index in [1.165, 1.54) is 12.8 Å². The minimum absolute atomic E-state index is 0.517. The Kier molecular flexibility index (Phi) is 2.64. The molecule has 1 aliphatic rings. The predicted molar refractivity (Wildman–Crippen MR) is 57.2 cm³/mol. The first-order valence-corrected chi connectivity index (χ1v) is 5.50. The van der Waals surface area contributed by atoms with Crippen LogP contribution < -0.4 is 5.32 Å². The van der Waals surface area contributed by atoms with Crippen LogP contribution in [0.2, 0.25) is 0 Å².